The Labute approximate surface area is 264 Å². The van der Waals surface area contributed by atoms with Gasteiger partial charge in [-0.3, -0.25) is 14.5 Å². The van der Waals surface area contributed by atoms with Gasteiger partial charge in [-0.05, 0) is 36.1 Å². The Bertz CT molecular complexity index is 1060. The van der Waals surface area contributed by atoms with Crippen molar-refractivity contribution < 1.29 is 29.0 Å². The van der Waals surface area contributed by atoms with Crippen LogP contribution in [-0.2, 0) is 37.3 Å². The van der Waals surface area contributed by atoms with Crippen molar-refractivity contribution in [3.8, 4) is 0 Å². The van der Waals surface area contributed by atoms with Crippen LogP contribution in [0.4, 0.5) is 0 Å². The van der Waals surface area contributed by atoms with Gasteiger partial charge in [-0.15, -0.1) is 5.06 Å². The quantitative estimate of drug-likeness (QED) is 0.0554. The van der Waals surface area contributed by atoms with Gasteiger partial charge in [0.2, 0.25) is 6.10 Å². The number of ether oxygens (including phenoxy) is 1. The van der Waals surface area contributed by atoms with Crippen LogP contribution in [0.2, 0.25) is 0 Å². The van der Waals surface area contributed by atoms with Gasteiger partial charge in [0.15, 0.2) is 0 Å². The third-order valence-corrected chi connectivity index (χ3v) is 7.51. The van der Waals surface area contributed by atoms with Gasteiger partial charge in [0, 0.05) is 19.0 Å². The summed E-state index contributed by atoms with van der Waals surface area (Å²) >= 11 is 0. The third kappa shape index (κ3) is 16.6. The molecule has 2 aromatic rings. The number of nitrogens with zero attached hydrogens (tertiary/aromatic N) is 1. The molecule has 0 aliphatic carbocycles. The zero-order valence-corrected chi connectivity index (χ0v) is 27.2. The van der Waals surface area contributed by atoms with Crippen molar-refractivity contribution in [1.82, 2.24) is 10.4 Å². The fourth-order valence-corrected chi connectivity index (χ4v) is 4.95. The summed E-state index contributed by atoms with van der Waals surface area (Å²) in [6.07, 6.45) is 16.1. The third-order valence-electron chi connectivity index (χ3n) is 7.51. The van der Waals surface area contributed by atoms with Crippen molar-refractivity contribution in [2.45, 2.75) is 130 Å². The number of benzene rings is 2. The van der Waals surface area contributed by atoms with E-state index in [-0.39, 0.29) is 12.3 Å². The minimum atomic E-state index is -1.04. The summed E-state index contributed by atoms with van der Waals surface area (Å²) in [6, 6.07) is 16.9. The first kappa shape index (κ1) is 37.0. The van der Waals surface area contributed by atoms with E-state index in [2.05, 4.69) is 12.2 Å². The summed E-state index contributed by atoms with van der Waals surface area (Å²) in [5.41, 5.74) is 2.43. The van der Waals surface area contributed by atoms with E-state index in [0.29, 0.717) is 25.2 Å². The standard InChI is InChI=1S/C36H54N2O6/c1-4-6-7-8-9-10-11-12-13-14-15-16-20-27-37-35(40)33-25-23-32(24-26-33)29-38(28-31-21-18-17-19-22-31)44-43-36(41)34(5-2)42-30(3)39/h17-19,21-26,34H,4-16,20,27-29H2,1-3H3,(H,37,40). The Morgan fingerprint density at radius 3 is 1.75 bits per heavy atom. The number of hydroxylamine groups is 2. The molecule has 8 heteroatoms. The molecule has 0 saturated carbocycles. The molecule has 1 amide bonds. The number of rotatable bonds is 24. The lowest BCUT2D eigenvalue weighted by atomic mass is 10.0. The highest BCUT2D eigenvalue weighted by atomic mass is 17.3. The molecule has 2 rings (SSSR count). The number of carbonyl (C=O) groups is 3. The number of hydrogen-bond donors (Lipinski definition) is 1. The van der Waals surface area contributed by atoms with E-state index in [9.17, 15) is 14.4 Å². The van der Waals surface area contributed by atoms with Gasteiger partial charge in [-0.2, -0.15) is 0 Å². The largest absolute Gasteiger partial charge is 0.450 e. The molecule has 0 fully saturated rings. The molecule has 0 aliphatic rings. The second-order valence-electron chi connectivity index (χ2n) is 11.5. The smallest absolute Gasteiger partial charge is 0.384 e. The minimum Gasteiger partial charge on any atom is -0.450 e. The van der Waals surface area contributed by atoms with Crippen molar-refractivity contribution in [2.24, 2.45) is 0 Å². The Hall–Kier alpha value is -3.23. The first-order chi connectivity index (χ1) is 21.4. The summed E-state index contributed by atoms with van der Waals surface area (Å²) in [4.78, 5) is 46.7. The fraction of sp³-hybridized carbons (Fsp3) is 0.583. The average Bonchev–Trinajstić information content (AvgIpc) is 3.03. The maximum atomic E-state index is 12.6. The minimum absolute atomic E-state index is 0.0853. The molecule has 1 N–H and O–H groups in total. The highest BCUT2D eigenvalue weighted by Crippen LogP contribution is 2.15. The predicted octanol–water partition coefficient (Wildman–Crippen LogP) is 8.24. The highest BCUT2D eigenvalue weighted by molar-refractivity contribution is 5.94. The van der Waals surface area contributed by atoms with Crippen LogP contribution in [0.1, 0.15) is 132 Å². The van der Waals surface area contributed by atoms with Crippen LogP contribution < -0.4 is 5.32 Å². The molecular weight excluding hydrogens is 556 g/mol. The lowest BCUT2D eigenvalue weighted by molar-refractivity contribution is -0.408. The SMILES string of the molecule is CCCCCCCCCCCCCCCNC(=O)c1ccc(CN(Cc2ccccc2)OOC(=O)C(CC)OC(C)=O)cc1. The molecule has 0 spiro atoms. The molecule has 8 nitrogen and oxygen atoms in total. The van der Waals surface area contributed by atoms with Gasteiger partial charge in [0.05, 0.1) is 13.1 Å². The molecule has 0 radical (unpaired) electrons. The number of carbonyl (C=O) groups excluding carboxylic acids is 3. The Morgan fingerprint density at radius 1 is 0.705 bits per heavy atom. The molecule has 2 aromatic carbocycles. The van der Waals surface area contributed by atoms with E-state index in [4.69, 9.17) is 14.6 Å². The first-order valence-corrected chi connectivity index (χ1v) is 16.6. The molecule has 0 saturated heterocycles. The molecule has 1 unspecified atom stereocenters. The number of unbranched alkanes of at least 4 members (excludes halogenated alkanes) is 12. The Balaban J connectivity index is 1.71. The fourth-order valence-electron chi connectivity index (χ4n) is 4.95. The second kappa shape index (κ2) is 23.2. The van der Waals surface area contributed by atoms with Crippen LogP contribution in [-0.4, -0.2) is 35.6 Å². The summed E-state index contributed by atoms with van der Waals surface area (Å²) in [6.45, 7) is 6.54. The van der Waals surface area contributed by atoms with E-state index in [1.807, 2.05) is 42.5 Å². The molecule has 1 atom stereocenters. The van der Waals surface area contributed by atoms with Crippen LogP contribution in [0, 0.1) is 0 Å². The van der Waals surface area contributed by atoms with Crippen LogP contribution in [0.5, 0.6) is 0 Å². The Kier molecular flexibility index (Phi) is 19.5. The number of esters is 1. The van der Waals surface area contributed by atoms with E-state index < -0.39 is 18.0 Å². The molecule has 0 aliphatic heterocycles. The van der Waals surface area contributed by atoms with E-state index in [1.165, 1.54) is 82.6 Å². The lowest BCUT2D eigenvalue weighted by Crippen LogP contribution is -2.31. The summed E-state index contributed by atoms with van der Waals surface area (Å²) in [5, 5.41) is 4.52. The maximum Gasteiger partial charge on any atom is 0.384 e. The first-order valence-electron chi connectivity index (χ1n) is 16.6. The van der Waals surface area contributed by atoms with Gasteiger partial charge in [0.1, 0.15) is 0 Å². The number of amides is 1. The zero-order chi connectivity index (χ0) is 31.8. The summed E-state index contributed by atoms with van der Waals surface area (Å²) in [7, 11) is 0. The van der Waals surface area contributed by atoms with Gasteiger partial charge < -0.3 is 10.1 Å². The summed E-state index contributed by atoms with van der Waals surface area (Å²) < 4.78 is 5.00. The second-order valence-corrected chi connectivity index (χ2v) is 11.5. The average molecular weight is 611 g/mol. The van der Waals surface area contributed by atoms with Crippen molar-refractivity contribution in [2.75, 3.05) is 6.54 Å². The van der Waals surface area contributed by atoms with Crippen molar-refractivity contribution in [1.29, 1.82) is 0 Å². The Morgan fingerprint density at radius 2 is 1.23 bits per heavy atom. The molecule has 0 heterocycles. The van der Waals surface area contributed by atoms with Crippen molar-refractivity contribution >= 4 is 17.8 Å². The molecule has 0 aromatic heterocycles. The van der Waals surface area contributed by atoms with Crippen LogP contribution in [0.25, 0.3) is 0 Å². The monoisotopic (exact) mass is 610 g/mol. The number of hydrogen-bond acceptors (Lipinski definition) is 7. The summed E-state index contributed by atoms with van der Waals surface area (Å²) in [5.74, 6) is -1.43. The zero-order valence-electron chi connectivity index (χ0n) is 27.2. The van der Waals surface area contributed by atoms with E-state index in [0.717, 1.165) is 24.0 Å². The highest BCUT2D eigenvalue weighted by Gasteiger charge is 2.24. The van der Waals surface area contributed by atoms with Gasteiger partial charge in [-0.25, -0.2) is 4.79 Å². The van der Waals surface area contributed by atoms with Gasteiger partial charge in [0.25, 0.3) is 5.91 Å². The van der Waals surface area contributed by atoms with E-state index >= 15 is 0 Å². The molecule has 44 heavy (non-hydrogen) atoms. The molecular formula is C36H54N2O6. The predicted molar refractivity (Wildman–Crippen MR) is 173 cm³/mol. The lowest BCUT2D eigenvalue weighted by Gasteiger charge is -2.21. The van der Waals surface area contributed by atoms with E-state index in [1.54, 1.807) is 19.1 Å². The van der Waals surface area contributed by atoms with Gasteiger partial charge in [-0.1, -0.05) is 138 Å². The maximum absolute atomic E-state index is 12.6. The van der Waals surface area contributed by atoms with Crippen LogP contribution >= 0.6 is 0 Å². The molecule has 0 bridgehead atoms. The normalized spacial score (nSPS) is 11.7. The van der Waals surface area contributed by atoms with Crippen molar-refractivity contribution in [3.63, 3.8) is 0 Å². The van der Waals surface area contributed by atoms with Crippen molar-refractivity contribution in [3.05, 3.63) is 71.3 Å². The number of nitrogens with one attached hydrogen (secondary N) is 1. The molecule has 244 valence electrons. The topological polar surface area (TPSA) is 94.2 Å². The van der Waals surface area contributed by atoms with Crippen LogP contribution in [0.15, 0.2) is 54.6 Å². The van der Waals surface area contributed by atoms with Crippen LogP contribution in [0.3, 0.4) is 0 Å². The van der Waals surface area contributed by atoms with Gasteiger partial charge >= 0.3 is 11.9 Å².